The molecule has 0 aromatic heterocycles. The lowest BCUT2D eigenvalue weighted by atomic mass is 9.97. The monoisotopic (exact) mass is 331 g/mol. The molecule has 0 saturated carbocycles. The maximum Gasteiger partial charge on any atom is 0.124 e. The summed E-state index contributed by atoms with van der Waals surface area (Å²) in [6.07, 6.45) is 3.77. The predicted molar refractivity (Wildman–Crippen MR) is 98.5 cm³/mol. The van der Waals surface area contributed by atoms with Gasteiger partial charge in [-0.25, -0.2) is 0 Å². The van der Waals surface area contributed by atoms with Crippen molar-refractivity contribution in [1.29, 1.82) is 0 Å². The zero-order valence-corrected chi connectivity index (χ0v) is 14.8. The number of piperidine rings is 1. The van der Waals surface area contributed by atoms with Crippen LogP contribution in [0.2, 0.25) is 0 Å². The normalized spacial score (nSPS) is 17.4. The average molecular weight is 332 g/mol. The first-order chi connectivity index (χ1) is 10.7. The van der Waals surface area contributed by atoms with Crippen LogP contribution in [0, 0.1) is 13.8 Å². The molecule has 3 heteroatoms. The molecule has 1 heterocycles. The number of benzene rings is 2. The predicted octanol–water partition coefficient (Wildman–Crippen LogP) is 5.12. The molecule has 1 saturated heterocycles. The molecule has 23 heavy (non-hydrogen) atoms. The van der Waals surface area contributed by atoms with Crippen molar-refractivity contribution < 1.29 is 4.74 Å². The zero-order chi connectivity index (χ0) is 15.4. The highest BCUT2D eigenvalue weighted by atomic mass is 35.5. The Morgan fingerprint density at radius 1 is 1.04 bits per heavy atom. The van der Waals surface area contributed by atoms with Gasteiger partial charge in [-0.3, -0.25) is 0 Å². The number of hydrogen-bond donors (Lipinski definition) is 1. The second-order valence-electron chi connectivity index (χ2n) is 6.32. The van der Waals surface area contributed by atoms with Crippen molar-refractivity contribution in [3.8, 4) is 5.75 Å². The van der Waals surface area contributed by atoms with Gasteiger partial charge in [-0.1, -0.05) is 53.9 Å². The van der Waals surface area contributed by atoms with E-state index in [9.17, 15) is 0 Å². The van der Waals surface area contributed by atoms with Gasteiger partial charge in [0.2, 0.25) is 0 Å². The highest BCUT2D eigenvalue weighted by Gasteiger charge is 2.18. The first-order valence-corrected chi connectivity index (χ1v) is 8.24. The summed E-state index contributed by atoms with van der Waals surface area (Å²) in [5, 5.41) is 3.61. The van der Waals surface area contributed by atoms with Crippen LogP contribution in [-0.4, -0.2) is 6.54 Å². The Morgan fingerprint density at radius 3 is 2.48 bits per heavy atom. The molecular weight excluding hydrogens is 306 g/mol. The third-order valence-corrected chi connectivity index (χ3v) is 4.28. The molecule has 1 atom stereocenters. The van der Waals surface area contributed by atoms with Crippen molar-refractivity contribution in [2.45, 2.75) is 45.8 Å². The standard InChI is InChI=1S/C20H25NO.ClH/c1-15-11-16(2)13-17(12-15)14-22-20-9-4-3-7-18(20)19-8-5-6-10-21-19;/h3-4,7,9,11-13,19,21H,5-6,8,10,14H2,1-2H3;1H. The topological polar surface area (TPSA) is 21.3 Å². The molecule has 0 aliphatic carbocycles. The Balaban J connectivity index is 0.00000192. The summed E-state index contributed by atoms with van der Waals surface area (Å²) in [6.45, 7) is 6.01. The van der Waals surface area contributed by atoms with Crippen molar-refractivity contribution in [2.75, 3.05) is 6.54 Å². The summed E-state index contributed by atoms with van der Waals surface area (Å²) in [5.74, 6) is 1.01. The van der Waals surface area contributed by atoms with Crippen LogP contribution in [0.15, 0.2) is 42.5 Å². The van der Waals surface area contributed by atoms with Crippen LogP contribution in [-0.2, 0) is 6.61 Å². The number of aryl methyl sites for hydroxylation is 2. The van der Waals surface area contributed by atoms with Gasteiger partial charge in [0.25, 0.3) is 0 Å². The molecule has 2 aromatic rings. The molecule has 1 aliphatic heterocycles. The smallest absolute Gasteiger partial charge is 0.124 e. The SMILES string of the molecule is Cc1cc(C)cc(COc2ccccc2C2CCCCN2)c1.Cl. The van der Waals surface area contributed by atoms with Gasteiger partial charge < -0.3 is 10.1 Å². The number of para-hydroxylation sites is 1. The van der Waals surface area contributed by atoms with Crippen molar-refractivity contribution in [3.63, 3.8) is 0 Å². The van der Waals surface area contributed by atoms with E-state index in [-0.39, 0.29) is 12.4 Å². The summed E-state index contributed by atoms with van der Waals surface area (Å²) < 4.78 is 6.15. The van der Waals surface area contributed by atoms with Gasteiger partial charge >= 0.3 is 0 Å². The highest BCUT2D eigenvalue weighted by molar-refractivity contribution is 5.85. The molecular formula is C20H26ClNO. The van der Waals surface area contributed by atoms with Crippen molar-refractivity contribution in [3.05, 3.63) is 64.7 Å². The van der Waals surface area contributed by atoms with Crippen LogP contribution >= 0.6 is 12.4 Å². The molecule has 124 valence electrons. The molecule has 2 nitrogen and oxygen atoms in total. The molecule has 1 unspecified atom stereocenters. The number of nitrogens with one attached hydrogen (secondary N) is 1. The molecule has 0 bridgehead atoms. The zero-order valence-electron chi connectivity index (χ0n) is 14.0. The lowest BCUT2D eigenvalue weighted by Gasteiger charge is -2.25. The maximum absolute atomic E-state index is 6.15. The number of hydrogen-bond acceptors (Lipinski definition) is 2. The maximum atomic E-state index is 6.15. The number of halogens is 1. The minimum Gasteiger partial charge on any atom is -0.489 e. The van der Waals surface area contributed by atoms with E-state index >= 15 is 0 Å². The minimum atomic E-state index is 0. The first-order valence-electron chi connectivity index (χ1n) is 8.24. The van der Waals surface area contributed by atoms with Crippen LogP contribution in [0.3, 0.4) is 0 Å². The van der Waals surface area contributed by atoms with Crippen LogP contribution in [0.4, 0.5) is 0 Å². The van der Waals surface area contributed by atoms with E-state index in [1.807, 2.05) is 0 Å². The summed E-state index contributed by atoms with van der Waals surface area (Å²) >= 11 is 0. The van der Waals surface area contributed by atoms with Crippen molar-refractivity contribution in [1.82, 2.24) is 5.32 Å². The first kappa shape index (κ1) is 17.8. The summed E-state index contributed by atoms with van der Waals surface area (Å²) in [6, 6.07) is 15.5. The fourth-order valence-electron chi connectivity index (χ4n) is 3.33. The van der Waals surface area contributed by atoms with Gasteiger partial charge in [-0.15, -0.1) is 12.4 Å². The number of rotatable bonds is 4. The minimum absolute atomic E-state index is 0. The summed E-state index contributed by atoms with van der Waals surface area (Å²) in [7, 11) is 0. The molecule has 0 amide bonds. The largest absolute Gasteiger partial charge is 0.489 e. The van der Waals surface area contributed by atoms with E-state index in [1.54, 1.807) is 0 Å². The van der Waals surface area contributed by atoms with E-state index in [4.69, 9.17) is 4.74 Å². The third kappa shape index (κ3) is 4.73. The Morgan fingerprint density at radius 2 is 1.78 bits per heavy atom. The van der Waals surface area contributed by atoms with Crippen LogP contribution in [0.1, 0.15) is 47.6 Å². The highest BCUT2D eigenvalue weighted by Crippen LogP contribution is 2.30. The van der Waals surface area contributed by atoms with Gasteiger partial charge in [-0.05, 0) is 44.9 Å². The molecule has 1 N–H and O–H groups in total. The van der Waals surface area contributed by atoms with E-state index in [2.05, 4.69) is 61.6 Å². The lowest BCUT2D eigenvalue weighted by molar-refractivity contribution is 0.294. The molecule has 1 fully saturated rings. The van der Waals surface area contributed by atoms with E-state index in [0.29, 0.717) is 12.6 Å². The summed E-state index contributed by atoms with van der Waals surface area (Å²) in [4.78, 5) is 0. The second kappa shape index (κ2) is 8.37. The second-order valence-corrected chi connectivity index (χ2v) is 6.32. The molecule has 3 rings (SSSR count). The third-order valence-electron chi connectivity index (χ3n) is 4.28. The van der Waals surface area contributed by atoms with E-state index < -0.39 is 0 Å². The Kier molecular flexibility index (Phi) is 6.49. The van der Waals surface area contributed by atoms with Gasteiger partial charge in [0.05, 0.1) is 0 Å². The Hall–Kier alpha value is -1.51. The van der Waals surface area contributed by atoms with Gasteiger partial charge in [0.15, 0.2) is 0 Å². The fourth-order valence-corrected chi connectivity index (χ4v) is 3.33. The van der Waals surface area contributed by atoms with E-state index in [1.165, 1.54) is 41.5 Å². The van der Waals surface area contributed by atoms with Crippen molar-refractivity contribution in [2.24, 2.45) is 0 Å². The van der Waals surface area contributed by atoms with Crippen molar-refractivity contribution >= 4 is 12.4 Å². The average Bonchev–Trinajstić information content (AvgIpc) is 2.53. The Labute approximate surface area is 145 Å². The van der Waals surface area contributed by atoms with Gasteiger partial charge in [0.1, 0.15) is 12.4 Å². The number of ether oxygens (including phenoxy) is 1. The lowest BCUT2D eigenvalue weighted by Crippen LogP contribution is -2.27. The van der Waals surface area contributed by atoms with Gasteiger partial charge in [0, 0.05) is 11.6 Å². The quantitative estimate of drug-likeness (QED) is 0.839. The molecule has 0 spiro atoms. The van der Waals surface area contributed by atoms with Crippen LogP contribution in [0.25, 0.3) is 0 Å². The van der Waals surface area contributed by atoms with Gasteiger partial charge in [-0.2, -0.15) is 0 Å². The molecule has 0 radical (unpaired) electrons. The van der Waals surface area contributed by atoms with Crippen LogP contribution < -0.4 is 10.1 Å². The fraction of sp³-hybridized carbons (Fsp3) is 0.400. The van der Waals surface area contributed by atoms with Crippen LogP contribution in [0.5, 0.6) is 5.75 Å². The Bertz CT molecular complexity index is 615. The molecule has 1 aliphatic rings. The molecule has 2 aromatic carbocycles. The summed E-state index contributed by atoms with van der Waals surface area (Å²) in [5.41, 5.74) is 5.12. The van der Waals surface area contributed by atoms with E-state index in [0.717, 1.165) is 12.3 Å².